The molecule has 4 nitrogen and oxygen atoms in total. The number of aromatic amines is 1. The maximum absolute atomic E-state index is 11.5. The molecule has 0 aliphatic heterocycles. The highest BCUT2D eigenvalue weighted by molar-refractivity contribution is 7.90. The Morgan fingerprint density at radius 1 is 1.06 bits per heavy atom. The lowest BCUT2D eigenvalue weighted by Gasteiger charge is -1.97. The van der Waals surface area contributed by atoms with Crippen LogP contribution in [0, 0.1) is 0 Å². The summed E-state index contributed by atoms with van der Waals surface area (Å²) in [7, 11) is -3.27. The molecule has 0 unspecified atom stereocenters. The fraction of sp³-hybridized carbons (Fsp3) is 0.0833. The number of nitrogens with one attached hydrogen (secondary N) is 1. The molecule has 0 saturated carbocycles. The molecule has 0 bridgehead atoms. The van der Waals surface area contributed by atoms with Crippen LogP contribution in [0.2, 0.25) is 0 Å². The maximum atomic E-state index is 11.5. The van der Waals surface area contributed by atoms with Crippen molar-refractivity contribution in [2.45, 2.75) is 5.03 Å². The summed E-state index contributed by atoms with van der Waals surface area (Å²) in [4.78, 5) is 7.41. The first kappa shape index (κ1) is 10.3. The smallest absolute Gasteiger partial charge is 0.192 e. The Bertz CT molecular complexity index is 819. The Balaban J connectivity index is 2.46. The number of H-pyrrole nitrogens is 1. The van der Waals surface area contributed by atoms with Gasteiger partial charge in [-0.1, -0.05) is 18.2 Å². The van der Waals surface area contributed by atoms with Crippen molar-refractivity contribution in [2.24, 2.45) is 0 Å². The Kier molecular flexibility index (Phi) is 2.00. The van der Waals surface area contributed by atoms with Crippen molar-refractivity contribution in [1.82, 2.24) is 9.97 Å². The number of aromatic nitrogens is 2. The van der Waals surface area contributed by atoms with Crippen molar-refractivity contribution >= 4 is 31.8 Å². The van der Waals surface area contributed by atoms with Crippen LogP contribution >= 0.6 is 0 Å². The standard InChI is InChI=1S/C12H10N2O2S/c1-17(15,16)11-7-6-10-12(14-11)8-4-2-3-5-9(8)13-10/h2-7,13H,1H3. The molecule has 3 aromatic rings. The summed E-state index contributed by atoms with van der Waals surface area (Å²) in [6.45, 7) is 0. The molecule has 2 aromatic heterocycles. The molecule has 86 valence electrons. The molecular weight excluding hydrogens is 236 g/mol. The molecule has 3 rings (SSSR count). The fourth-order valence-corrected chi connectivity index (χ4v) is 2.47. The number of fused-ring (bicyclic) bond motifs is 3. The van der Waals surface area contributed by atoms with E-state index in [1.807, 2.05) is 24.3 Å². The van der Waals surface area contributed by atoms with E-state index in [1.165, 1.54) is 6.07 Å². The van der Waals surface area contributed by atoms with Gasteiger partial charge in [0.05, 0.1) is 11.0 Å². The minimum absolute atomic E-state index is 0.106. The van der Waals surface area contributed by atoms with Gasteiger partial charge in [0.1, 0.15) is 0 Å². The third-order valence-corrected chi connectivity index (χ3v) is 3.69. The number of rotatable bonds is 1. The molecule has 0 atom stereocenters. The molecule has 0 radical (unpaired) electrons. The van der Waals surface area contributed by atoms with Crippen LogP contribution in [0.3, 0.4) is 0 Å². The van der Waals surface area contributed by atoms with E-state index in [1.54, 1.807) is 6.07 Å². The second-order valence-electron chi connectivity index (χ2n) is 3.99. The number of hydrogen-bond acceptors (Lipinski definition) is 3. The first-order chi connectivity index (χ1) is 8.05. The van der Waals surface area contributed by atoms with Crippen molar-refractivity contribution in [3.8, 4) is 0 Å². The second kappa shape index (κ2) is 3.30. The number of hydrogen-bond donors (Lipinski definition) is 1. The molecule has 2 heterocycles. The van der Waals surface area contributed by atoms with Crippen molar-refractivity contribution in [1.29, 1.82) is 0 Å². The van der Waals surface area contributed by atoms with E-state index in [4.69, 9.17) is 0 Å². The van der Waals surface area contributed by atoms with Crippen LogP contribution < -0.4 is 0 Å². The van der Waals surface area contributed by atoms with Crippen LogP contribution in [0.4, 0.5) is 0 Å². The number of benzene rings is 1. The Labute approximate surface area is 98.2 Å². The lowest BCUT2D eigenvalue weighted by atomic mass is 10.2. The third-order valence-electron chi connectivity index (χ3n) is 2.70. The minimum atomic E-state index is -3.27. The Morgan fingerprint density at radius 2 is 1.82 bits per heavy atom. The molecule has 0 amide bonds. The molecular formula is C12H10N2O2S. The topological polar surface area (TPSA) is 62.8 Å². The molecule has 0 aliphatic carbocycles. The lowest BCUT2D eigenvalue weighted by molar-refractivity contribution is 0.599. The minimum Gasteiger partial charge on any atom is -0.353 e. The highest BCUT2D eigenvalue weighted by Gasteiger charge is 2.12. The van der Waals surface area contributed by atoms with Gasteiger partial charge in [0.15, 0.2) is 14.9 Å². The zero-order valence-electron chi connectivity index (χ0n) is 9.14. The van der Waals surface area contributed by atoms with Gasteiger partial charge in [0.25, 0.3) is 0 Å². The van der Waals surface area contributed by atoms with Gasteiger partial charge in [-0.3, -0.25) is 0 Å². The van der Waals surface area contributed by atoms with E-state index in [-0.39, 0.29) is 5.03 Å². The van der Waals surface area contributed by atoms with Crippen LogP contribution in [0.5, 0.6) is 0 Å². The normalized spacial score (nSPS) is 12.3. The lowest BCUT2D eigenvalue weighted by Crippen LogP contribution is -1.99. The van der Waals surface area contributed by atoms with Gasteiger partial charge < -0.3 is 4.98 Å². The summed E-state index contributed by atoms with van der Waals surface area (Å²) in [5.74, 6) is 0. The largest absolute Gasteiger partial charge is 0.353 e. The summed E-state index contributed by atoms with van der Waals surface area (Å²) in [6, 6.07) is 11.0. The quantitative estimate of drug-likeness (QED) is 0.715. The zero-order valence-corrected chi connectivity index (χ0v) is 9.95. The highest BCUT2D eigenvalue weighted by atomic mass is 32.2. The van der Waals surface area contributed by atoms with Gasteiger partial charge in [-0.2, -0.15) is 0 Å². The first-order valence-electron chi connectivity index (χ1n) is 5.13. The molecule has 1 aromatic carbocycles. The average molecular weight is 246 g/mol. The molecule has 1 N–H and O–H groups in total. The summed E-state index contributed by atoms with van der Waals surface area (Å²) in [5, 5.41) is 1.04. The van der Waals surface area contributed by atoms with E-state index in [2.05, 4.69) is 9.97 Å². The predicted molar refractivity (Wildman–Crippen MR) is 66.7 cm³/mol. The van der Waals surface area contributed by atoms with Crippen LogP contribution in [0.15, 0.2) is 41.4 Å². The summed E-state index contributed by atoms with van der Waals surface area (Å²) in [5.41, 5.74) is 2.50. The van der Waals surface area contributed by atoms with Crippen LogP contribution in [-0.2, 0) is 9.84 Å². The van der Waals surface area contributed by atoms with Gasteiger partial charge in [-0.15, -0.1) is 0 Å². The second-order valence-corrected chi connectivity index (χ2v) is 5.95. The number of pyridine rings is 1. The van der Waals surface area contributed by atoms with Crippen molar-refractivity contribution in [3.05, 3.63) is 36.4 Å². The summed E-state index contributed by atoms with van der Waals surface area (Å²) < 4.78 is 22.9. The predicted octanol–water partition coefficient (Wildman–Crippen LogP) is 2.12. The number of nitrogens with zero attached hydrogens (tertiary/aromatic N) is 1. The van der Waals surface area contributed by atoms with Crippen LogP contribution in [-0.4, -0.2) is 24.6 Å². The van der Waals surface area contributed by atoms with Crippen LogP contribution in [0.25, 0.3) is 21.9 Å². The SMILES string of the molecule is CS(=O)(=O)c1ccc2[nH]c3ccccc3c2n1. The van der Waals surface area contributed by atoms with E-state index >= 15 is 0 Å². The monoisotopic (exact) mass is 246 g/mol. The maximum Gasteiger partial charge on any atom is 0.192 e. The van der Waals surface area contributed by atoms with E-state index in [9.17, 15) is 8.42 Å². The van der Waals surface area contributed by atoms with Gasteiger partial charge in [-0.25, -0.2) is 13.4 Å². The van der Waals surface area contributed by atoms with Gasteiger partial charge in [-0.05, 0) is 18.2 Å². The average Bonchev–Trinajstić information content (AvgIpc) is 2.65. The highest BCUT2D eigenvalue weighted by Crippen LogP contribution is 2.24. The Hall–Kier alpha value is -1.88. The van der Waals surface area contributed by atoms with Crippen molar-refractivity contribution < 1.29 is 8.42 Å². The zero-order chi connectivity index (χ0) is 12.0. The van der Waals surface area contributed by atoms with E-state index in [0.29, 0.717) is 5.52 Å². The van der Waals surface area contributed by atoms with Crippen molar-refractivity contribution in [2.75, 3.05) is 6.26 Å². The van der Waals surface area contributed by atoms with Gasteiger partial charge in [0.2, 0.25) is 0 Å². The van der Waals surface area contributed by atoms with Crippen molar-refractivity contribution in [3.63, 3.8) is 0 Å². The molecule has 0 saturated heterocycles. The third kappa shape index (κ3) is 1.59. The molecule has 17 heavy (non-hydrogen) atoms. The van der Waals surface area contributed by atoms with Gasteiger partial charge in [0, 0.05) is 17.2 Å². The number of sulfone groups is 1. The molecule has 0 aliphatic rings. The molecule has 5 heteroatoms. The molecule has 0 spiro atoms. The molecule has 0 fully saturated rings. The Morgan fingerprint density at radius 3 is 2.59 bits per heavy atom. The summed E-state index contributed by atoms with van der Waals surface area (Å²) in [6.07, 6.45) is 1.16. The summed E-state index contributed by atoms with van der Waals surface area (Å²) >= 11 is 0. The van der Waals surface area contributed by atoms with Gasteiger partial charge >= 0.3 is 0 Å². The van der Waals surface area contributed by atoms with E-state index in [0.717, 1.165) is 22.7 Å². The number of para-hydroxylation sites is 1. The fourth-order valence-electron chi connectivity index (χ4n) is 1.90. The first-order valence-corrected chi connectivity index (χ1v) is 7.02. The van der Waals surface area contributed by atoms with Crippen LogP contribution in [0.1, 0.15) is 0 Å². The van der Waals surface area contributed by atoms with E-state index < -0.39 is 9.84 Å².